The van der Waals surface area contributed by atoms with E-state index in [0.29, 0.717) is 22.5 Å². The zero-order chi connectivity index (χ0) is 48.2. The molecule has 64 heavy (non-hydrogen) atoms. The quantitative estimate of drug-likeness (QED) is 0.118. The van der Waals surface area contributed by atoms with E-state index >= 15 is 0 Å². The van der Waals surface area contributed by atoms with Gasteiger partial charge in [-0.3, -0.25) is 4.98 Å². The smallest absolute Gasteiger partial charge is 0 e. The van der Waals surface area contributed by atoms with Crippen molar-refractivity contribution >= 4 is 50.8 Å². The average Bonchev–Trinajstić information content (AvgIpc) is 3.89. The predicted octanol–water partition coefficient (Wildman–Crippen LogP) is 14.4. The van der Waals surface area contributed by atoms with Gasteiger partial charge in [-0.1, -0.05) is 89.8 Å². The molecular weight excluding hydrogens is 1020 g/mol. The maximum atomic E-state index is 8.80. The molecule has 4 aromatic heterocycles. The minimum Gasteiger partial charge on any atom is 0 e. The number of furan rings is 1. The van der Waals surface area contributed by atoms with Crippen LogP contribution in [0.2, 0.25) is 17.3 Å². The molecule has 0 amide bonds. The molecule has 0 aliphatic rings. The number of nitrogens with zero attached hydrogens (tertiary/aromatic N) is 4. The standard InChI is InChI=1S/C37H24N3O.C20H28GeN.Ir/c1-24-19-21-29-28-15-10-16-30(35(28)41-37(29)38-24)36-39-32-17-8-9-18-34(32)40(36)33-22-20-27(25-11-4-2-5-12-25)23-31(33)26-13-6-3-7-14-26;1-15-8-10-16(11-9-15)19-12-17(13-20(2,3)4)18(14-22-19)21(5,6)7;/h2-15,17-23H,1H3;8-10,12,14H,13H2,1-7H3;/q2*-1;/i;1D3,13D2;. The van der Waals surface area contributed by atoms with Crippen molar-refractivity contribution in [3.8, 4) is 50.6 Å². The molecule has 4 heterocycles. The molecule has 1 radical (unpaired) electrons. The van der Waals surface area contributed by atoms with Gasteiger partial charge in [-0.15, -0.1) is 18.2 Å². The van der Waals surface area contributed by atoms with Crippen LogP contribution in [0.4, 0.5) is 0 Å². The summed E-state index contributed by atoms with van der Waals surface area (Å²) in [6.07, 6.45) is 0.303. The molecular formula is C57H52GeIrN4O-2. The largest absolute Gasteiger partial charge is 0 e. The molecule has 0 fully saturated rings. The van der Waals surface area contributed by atoms with Crippen LogP contribution in [0.25, 0.3) is 83.7 Å². The van der Waals surface area contributed by atoms with E-state index < -0.39 is 31.9 Å². The second-order valence-electron chi connectivity index (χ2n) is 18.0. The van der Waals surface area contributed by atoms with E-state index in [9.17, 15) is 0 Å². The number of aromatic nitrogens is 4. The number of hydrogen-bond donors (Lipinski definition) is 0. The second kappa shape index (κ2) is 18.3. The van der Waals surface area contributed by atoms with Crippen LogP contribution in [0.1, 0.15) is 44.4 Å². The third-order valence-electron chi connectivity index (χ3n) is 11.0. The third kappa shape index (κ3) is 9.33. The average molecular weight is 1080 g/mol. The van der Waals surface area contributed by atoms with Crippen LogP contribution < -0.4 is 4.40 Å². The van der Waals surface area contributed by atoms with E-state index in [-0.39, 0.29) is 25.7 Å². The van der Waals surface area contributed by atoms with Gasteiger partial charge < -0.3 is 8.98 Å². The predicted molar refractivity (Wildman–Crippen MR) is 265 cm³/mol. The van der Waals surface area contributed by atoms with Crippen LogP contribution >= 0.6 is 0 Å². The van der Waals surface area contributed by atoms with Crippen LogP contribution in [0.3, 0.4) is 0 Å². The number of fused-ring (bicyclic) bond motifs is 4. The number of para-hydroxylation sites is 2. The first kappa shape index (κ1) is 38.5. The summed E-state index contributed by atoms with van der Waals surface area (Å²) in [5.74, 6) is 7.47. The van der Waals surface area contributed by atoms with Crippen LogP contribution in [-0.4, -0.2) is 32.8 Å². The van der Waals surface area contributed by atoms with E-state index in [4.69, 9.17) is 16.3 Å². The molecule has 0 aliphatic carbocycles. The Morgan fingerprint density at radius 3 is 2.19 bits per heavy atom. The number of benzene rings is 6. The Morgan fingerprint density at radius 2 is 1.48 bits per heavy atom. The number of hydrogen-bond acceptors (Lipinski definition) is 4. The molecule has 0 bridgehead atoms. The Hall–Kier alpha value is -5.92. The number of rotatable bonds is 7. The summed E-state index contributed by atoms with van der Waals surface area (Å²) in [6, 6.07) is 57.1. The van der Waals surface area contributed by atoms with Crippen LogP contribution in [0.5, 0.6) is 0 Å². The van der Waals surface area contributed by atoms with Gasteiger partial charge in [-0.05, 0) is 60.0 Å². The van der Waals surface area contributed by atoms with Crippen LogP contribution in [0.15, 0.2) is 162 Å². The van der Waals surface area contributed by atoms with Gasteiger partial charge in [0.25, 0.3) is 0 Å². The first-order chi connectivity index (χ1) is 32.3. The van der Waals surface area contributed by atoms with Gasteiger partial charge in [0.1, 0.15) is 0 Å². The van der Waals surface area contributed by atoms with Crippen molar-refractivity contribution in [2.24, 2.45) is 5.41 Å². The maximum Gasteiger partial charge on any atom is 0 e. The Kier molecular flexibility index (Phi) is 11.0. The Balaban J connectivity index is 0.000000201. The van der Waals surface area contributed by atoms with Crippen molar-refractivity contribution < 1.29 is 31.4 Å². The van der Waals surface area contributed by atoms with Crippen molar-refractivity contribution in [1.82, 2.24) is 19.5 Å². The van der Waals surface area contributed by atoms with E-state index in [1.165, 1.54) is 11.6 Å². The van der Waals surface area contributed by atoms with Gasteiger partial charge in [0.05, 0.1) is 22.4 Å². The van der Waals surface area contributed by atoms with Gasteiger partial charge >= 0.3 is 145 Å². The summed E-state index contributed by atoms with van der Waals surface area (Å²) >= 11 is -2.36. The van der Waals surface area contributed by atoms with Gasteiger partial charge in [0.15, 0.2) is 0 Å². The molecule has 10 aromatic rings. The van der Waals surface area contributed by atoms with Crippen molar-refractivity contribution in [2.75, 3.05) is 0 Å². The maximum absolute atomic E-state index is 8.80. The van der Waals surface area contributed by atoms with E-state index in [1.54, 1.807) is 12.1 Å². The minimum absolute atomic E-state index is 0. The Morgan fingerprint density at radius 1 is 0.750 bits per heavy atom. The van der Waals surface area contributed by atoms with E-state index in [2.05, 4.69) is 141 Å². The molecule has 0 spiro atoms. The zero-order valence-electron chi connectivity index (χ0n) is 42.0. The topological polar surface area (TPSA) is 56.7 Å². The first-order valence-corrected chi connectivity index (χ1v) is 28.6. The molecule has 0 aliphatic heterocycles. The van der Waals surface area contributed by atoms with Crippen LogP contribution in [-0.2, 0) is 26.5 Å². The normalized spacial score (nSPS) is 13.3. The third-order valence-corrected chi connectivity index (χ3v) is 15.2. The summed E-state index contributed by atoms with van der Waals surface area (Å²) in [5.41, 5.74) is 12.3. The summed E-state index contributed by atoms with van der Waals surface area (Å²) in [5, 5.41) is 1.99. The SMILES string of the molecule is Cc1ccc2c(n1)oc1c(-c3nc4ccccc4n3-c3ccc(-c4ccccc4)cc3-c3ccccc3)[c-]ccc12.[2H]C([2H])([2H])c1c[c-]c(-c2cc(C([2H])([2H])C(C)(C)C)[c]([Ge]([CH3])([CH3])[CH3])cn2)cc1.[Ir]. The molecule has 6 aromatic carbocycles. The minimum atomic E-state index is -2.36. The summed E-state index contributed by atoms with van der Waals surface area (Å²) in [6.45, 7) is 5.53. The van der Waals surface area contributed by atoms with Gasteiger partial charge in [0, 0.05) is 42.4 Å². The zero-order valence-corrected chi connectivity index (χ0v) is 41.5. The molecule has 0 unspecified atom stereocenters. The van der Waals surface area contributed by atoms with Gasteiger partial charge in [-0.25, -0.2) is 4.98 Å². The van der Waals surface area contributed by atoms with Gasteiger partial charge in [0.2, 0.25) is 5.71 Å². The summed E-state index contributed by atoms with van der Waals surface area (Å²) in [4.78, 5) is 14.4. The molecule has 5 nitrogen and oxygen atoms in total. The second-order valence-corrected chi connectivity index (χ2v) is 28.5. The fourth-order valence-electron chi connectivity index (χ4n) is 8.00. The number of imidazole rings is 1. The van der Waals surface area contributed by atoms with Gasteiger partial charge in [-0.2, -0.15) is 0 Å². The first-order valence-electron chi connectivity index (χ1n) is 23.8. The fraction of sp³-hybridized carbons (Fsp3) is 0.175. The summed E-state index contributed by atoms with van der Waals surface area (Å²) in [7, 11) is 0. The summed E-state index contributed by atoms with van der Waals surface area (Å²) < 4.78 is 49.7. The molecule has 0 saturated carbocycles. The van der Waals surface area contributed by atoms with E-state index in [0.717, 1.165) is 71.2 Å². The molecule has 321 valence electrons. The molecule has 7 heteroatoms. The van der Waals surface area contributed by atoms with Crippen LogP contribution in [0, 0.1) is 31.3 Å². The molecule has 0 atom stereocenters. The number of pyridine rings is 2. The molecule has 0 N–H and O–H groups in total. The Labute approximate surface area is 400 Å². The molecule has 0 saturated heterocycles. The van der Waals surface area contributed by atoms with Crippen molar-refractivity contribution in [2.45, 2.75) is 58.2 Å². The molecule has 10 rings (SSSR count). The Bertz CT molecular complexity index is 3450. The van der Waals surface area contributed by atoms with Crippen molar-refractivity contribution in [1.29, 1.82) is 0 Å². The monoisotopic (exact) mass is 1080 g/mol. The van der Waals surface area contributed by atoms with Crippen molar-refractivity contribution in [3.05, 3.63) is 187 Å². The number of aryl methyl sites for hydroxylation is 2. The van der Waals surface area contributed by atoms with E-state index in [1.807, 2.05) is 70.3 Å². The fourth-order valence-corrected chi connectivity index (χ4v) is 10.9. The van der Waals surface area contributed by atoms with Crippen molar-refractivity contribution in [3.63, 3.8) is 0 Å².